The van der Waals surface area contributed by atoms with Gasteiger partial charge in [0, 0.05) is 5.56 Å². The van der Waals surface area contributed by atoms with Gasteiger partial charge < -0.3 is 9.47 Å². The van der Waals surface area contributed by atoms with Gasteiger partial charge in [-0.05, 0) is 11.6 Å². The van der Waals surface area contributed by atoms with Crippen LogP contribution >= 0.6 is 0 Å². The summed E-state index contributed by atoms with van der Waals surface area (Å²) in [7, 11) is 0. The zero-order valence-corrected chi connectivity index (χ0v) is 7.16. The lowest BCUT2D eigenvalue weighted by atomic mass is 10.1. The van der Waals surface area contributed by atoms with E-state index in [2.05, 4.69) is 4.84 Å². The molecule has 13 heavy (non-hydrogen) atoms. The van der Waals surface area contributed by atoms with Crippen LogP contribution in [0.15, 0.2) is 18.2 Å². The van der Waals surface area contributed by atoms with E-state index < -0.39 is 0 Å². The summed E-state index contributed by atoms with van der Waals surface area (Å²) in [5.74, 6) is 5.87. The Kier molecular flexibility index (Phi) is 2.44. The Bertz CT molecular complexity index is 301. The maximum absolute atomic E-state index is 5.29. The summed E-state index contributed by atoms with van der Waals surface area (Å²) in [6.45, 7) is 1.27. The van der Waals surface area contributed by atoms with Gasteiger partial charge in [-0.15, -0.1) is 0 Å². The number of rotatable bonds is 2. The van der Waals surface area contributed by atoms with Crippen LogP contribution in [-0.4, -0.2) is 6.79 Å². The molecule has 4 heteroatoms. The quantitative estimate of drug-likeness (QED) is 0.690. The molecule has 1 aliphatic rings. The summed E-state index contributed by atoms with van der Waals surface area (Å²) in [6, 6.07) is 5.78. The maximum Gasteiger partial charge on any atom is 0.189 e. The van der Waals surface area contributed by atoms with E-state index in [0.717, 1.165) is 16.9 Å². The van der Waals surface area contributed by atoms with Crippen molar-refractivity contribution in [1.82, 2.24) is 0 Å². The topological polar surface area (TPSA) is 53.7 Å². The molecule has 0 amide bonds. The number of benzene rings is 1. The molecular weight excluding hydrogens is 170 g/mol. The highest BCUT2D eigenvalue weighted by molar-refractivity contribution is 5.40. The fourth-order valence-corrected chi connectivity index (χ4v) is 1.38. The summed E-state index contributed by atoms with van der Waals surface area (Å²) in [4.78, 5) is 4.58. The Morgan fingerprint density at radius 2 is 2.38 bits per heavy atom. The minimum absolute atomic E-state index is 0.319. The van der Waals surface area contributed by atoms with E-state index in [0.29, 0.717) is 20.0 Å². The van der Waals surface area contributed by atoms with Crippen molar-refractivity contribution < 1.29 is 14.3 Å². The molecule has 2 N–H and O–H groups in total. The molecule has 0 bridgehead atoms. The van der Waals surface area contributed by atoms with Crippen molar-refractivity contribution in [1.29, 1.82) is 0 Å². The van der Waals surface area contributed by atoms with Gasteiger partial charge in [-0.1, -0.05) is 12.1 Å². The first-order valence-electron chi connectivity index (χ1n) is 4.05. The molecule has 0 atom stereocenters. The van der Waals surface area contributed by atoms with Crippen molar-refractivity contribution in [3.63, 3.8) is 0 Å². The fourth-order valence-electron chi connectivity index (χ4n) is 1.38. The van der Waals surface area contributed by atoms with E-state index in [-0.39, 0.29) is 0 Å². The van der Waals surface area contributed by atoms with Crippen molar-refractivity contribution in [3.8, 4) is 5.75 Å². The monoisotopic (exact) mass is 181 g/mol. The highest BCUT2D eigenvalue weighted by Gasteiger charge is 2.13. The Morgan fingerprint density at radius 3 is 3.23 bits per heavy atom. The molecule has 0 aromatic heterocycles. The third-order valence-electron chi connectivity index (χ3n) is 2.01. The normalized spacial score (nSPS) is 14.8. The van der Waals surface area contributed by atoms with Crippen LogP contribution in [0.2, 0.25) is 0 Å². The highest BCUT2D eigenvalue weighted by atomic mass is 16.7. The summed E-state index contributed by atoms with van der Waals surface area (Å²) in [6.07, 6.45) is 0. The number of fused-ring (bicyclic) bond motifs is 1. The van der Waals surface area contributed by atoms with Crippen molar-refractivity contribution >= 4 is 0 Å². The van der Waals surface area contributed by atoms with E-state index in [9.17, 15) is 0 Å². The number of hydrogen-bond donors (Lipinski definition) is 1. The lowest BCUT2D eigenvalue weighted by molar-refractivity contribution is -0.0178. The third kappa shape index (κ3) is 1.65. The maximum atomic E-state index is 5.29. The van der Waals surface area contributed by atoms with Crippen LogP contribution in [0.5, 0.6) is 5.75 Å². The van der Waals surface area contributed by atoms with Gasteiger partial charge in [0.2, 0.25) is 0 Å². The predicted molar refractivity (Wildman–Crippen MR) is 45.7 cm³/mol. The SMILES string of the molecule is NOCc1cccc2c1COCO2. The Hall–Kier alpha value is -1.10. The van der Waals surface area contributed by atoms with Gasteiger partial charge in [0.25, 0.3) is 0 Å². The molecule has 1 aliphatic heterocycles. The smallest absolute Gasteiger partial charge is 0.189 e. The predicted octanol–water partition coefficient (Wildman–Crippen LogP) is 0.943. The van der Waals surface area contributed by atoms with Crippen LogP contribution in [-0.2, 0) is 22.8 Å². The Morgan fingerprint density at radius 1 is 1.46 bits per heavy atom. The first-order valence-corrected chi connectivity index (χ1v) is 4.05. The van der Waals surface area contributed by atoms with Gasteiger partial charge in [0.15, 0.2) is 6.79 Å². The first kappa shape index (κ1) is 8.50. The molecule has 0 saturated heterocycles. The standard InChI is InChI=1S/C9H11NO3/c10-13-4-7-2-1-3-9-8(7)5-11-6-12-9/h1-3H,4-6,10H2. The third-order valence-corrected chi connectivity index (χ3v) is 2.01. The Balaban J connectivity index is 2.34. The van der Waals surface area contributed by atoms with Crippen molar-refractivity contribution in [2.45, 2.75) is 13.2 Å². The molecule has 1 aromatic carbocycles. The average Bonchev–Trinajstić information content (AvgIpc) is 2.19. The van der Waals surface area contributed by atoms with Gasteiger partial charge in [0.1, 0.15) is 5.75 Å². The van der Waals surface area contributed by atoms with Crippen LogP contribution in [0.4, 0.5) is 0 Å². The van der Waals surface area contributed by atoms with Gasteiger partial charge >= 0.3 is 0 Å². The number of ether oxygens (including phenoxy) is 2. The second-order valence-electron chi connectivity index (χ2n) is 2.82. The van der Waals surface area contributed by atoms with Crippen molar-refractivity contribution in [2.75, 3.05) is 6.79 Å². The summed E-state index contributed by atoms with van der Waals surface area (Å²) < 4.78 is 10.5. The zero-order chi connectivity index (χ0) is 9.10. The number of hydrogen-bond acceptors (Lipinski definition) is 4. The minimum Gasteiger partial charge on any atom is -0.467 e. The fraction of sp³-hybridized carbons (Fsp3) is 0.333. The van der Waals surface area contributed by atoms with Gasteiger partial charge in [0.05, 0.1) is 13.2 Å². The molecule has 0 aliphatic carbocycles. The molecule has 0 spiro atoms. The zero-order valence-electron chi connectivity index (χ0n) is 7.16. The number of nitrogens with two attached hydrogens (primary N) is 1. The average molecular weight is 181 g/mol. The largest absolute Gasteiger partial charge is 0.467 e. The molecular formula is C9H11NO3. The lowest BCUT2D eigenvalue weighted by Crippen LogP contribution is -2.14. The molecule has 0 unspecified atom stereocenters. The molecule has 0 fully saturated rings. The summed E-state index contributed by atoms with van der Waals surface area (Å²) in [5, 5.41) is 0. The van der Waals surface area contributed by atoms with E-state index in [1.807, 2.05) is 18.2 Å². The van der Waals surface area contributed by atoms with Gasteiger partial charge in [-0.2, -0.15) is 0 Å². The highest BCUT2D eigenvalue weighted by Crippen LogP contribution is 2.26. The van der Waals surface area contributed by atoms with E-state index in [1.165, 1.54) is 0 Å². The Labute approximate surface area is 76.2 Å². The van der Waals surface area contributed by atoms with E-state index >= 15 is 0 Å². The van der Waals surface area contributed by atoms with E-state index in [4.69, 9.17) is 15.4 Å². The molecule has 70 valence electrons. The molecule has 2 rings (SSSR count). The van der Waals surface area contributed by atoms with Crippen LogP contribution in [0, 0.1) is 0 Å². The van der Waals surface area contributed by atoms with Crippen molar-refractivity contribution in [3.05, 3.63) is 29.3 Å². The second-order valence-corrected chi connectivity index (χ2v) is 2.82. The van der Waals surface area contributed by atoms with Crippen molar-refractivity contribution in [2.24, 2.45) is 5.90 Å². The minimum atomic E-state index is 0.319. The van der Waals surface area contributed by atoms with Gasteiger partial charge in [-0.3, -0.25) is 4.84 Å². The molecule has 4 nitrogen and oxygen atoms in total. The van der Waals surface area contributed by atoms with Crippen LogP contribution in [0.25, 0.3) is 0 Å². The summed E-state index contributed by atoms with van der Waals surface area (Å²) in [5.41, 5.74) is 2.04. The molecule has 0 radical (unpaired) electrons. The first-order chi connectivity index (χ1) is 6.42. The van der Waals surface area contributed by atoms with Crippen LogP contribution < -0.4 is 10.6 Å². The lowest BCUT2D eigenvalue weighted by Gasteiger charge is -2.19. The molecule has 1 heterocycles. The van der Waals surface area contributed by atoms with Gasteiger partial charge in [-0.25, -0.2) is 5.90 Å². The summed E-state index contributed by atoms with van der Waals surface area (Å²) >= 11 is 0. The van der Waals surface area contributed by atoms with Crippen LogP contribution in [0.1, 0.15) is 11.1 Å². The molecule has 0 saturated carbocycles. The molecule has 1 aromatic rings. The second kappa shape index (κ2) is 3.74. The van der Waals surface area contributed by atoms with Crippen LogP contribution in [0.3, 0.4) is 0 Å². The van der Waals surface area contributed by atoms with E-state index in [1.54, 1.807) is 0 Å².